The van der Waals surface area contributed by atoms with Crippen LogP contribution in [0, 0.1) is 11.8 Å². The second-order valence-electron chi connectivity index (χ2n) is 9.63. The fraction of sp³-hybridized carbons (Fsp3) is 0.643. The molecule has 0 bridgehead atoms. The summed E-state index contributed by atoms with van der Waals surface area (Å²) in [6.45, 7) is 10.9. The average Bonchev–Trinajstić information content (AvgIpc) is 2.82. The van der Waals surface area contributed by atoms with E-state index >= 15 is 0 Å². The van der Waals surface area contributed by atoms with Gasteiger partial charge in [0.2, 0.25) is 5.91 Å². The summed E-state index contributed by atoms with van der Waals surface area (Å²) in [6, 6.07) is 7.20. The number of nitrogens with one attached hydrogen (secondary N) is 1. The Morgan fingerprint density at radius 2 is 1.74 bits per heavy atom. The molecule has 4 N–H and O–H groups in total. The van der Waals surface area contributed by atoms with Crippen LogP contribution < -0.4 is 11.1 Å². The normalized spacial score (nSPS) is 14.8. The Morgan fingerprint density at radius 3 is 2.24 bits per heavy atom. The van der Waals surface area contributed by atoms with Crippen molar-refractivity contribution in [3.05, 3.63) is 47.5 Å². The zero-order chi connectivity index (χ0) is 25.7. The van der Waals surface area contributed by atoms with E-state index in [0.717, 1.165) is 43.2 Å². The summed E-state index contributed by atoms with van der Waals surface area (Å²) in [5.41, 5.74) is 7.73. The first-order chi connectivity index (χ1) is 16.1. The molecule has 0 spiro atoms. The molecule has 34 heavy (non-hydrogen) atoms. The van der Waals surface area contributed by atoms with Crippen LogP contribution in [-0.2, 0) is 26.3 Å². The molecular weight excluding hydrogens is 428 g/mol. The fourth-order valence-corrected chi connectivity index (χ4v) is 4.74. The Morgan fingerprint density at radius 1 is 1.12 bits per heavy atom. The minimum Gasteiger partial charge on any atom is -0.480 e. The van der Waals surface area contributed by atoms with Crippen LogP contribution in [0.3, 0.4) is 0 Å². The lowest BCUT2D eigenvalue weighted by molar-refractivity contribution is -0.142. The molecule has 0 saturated heterocycles. The van der Waals surface area contributed by atoms with E-state index in [-0.39, 0.29) is 23.3 Å². The van der Waals surface area contributed by atoms with Gasteiger partial charge in [0.15, 0.2) is 0 Å². The highest BCUT2D eigenvalue weighted by Gasteiger charge is 2.43. The second-order valence-corrected chi connectivity index (χ2v) is 9.63. The van der Waals surface area contributed by atoms with E-state index in [9.17, 15) is 14.7 Å². The number of unbranched alkanes of at least 4 members (excludes halogenated alkanes) is 2. The minimum absolute atomic E-state index is 0.0734. The number of rotatable bonds is 16. The number of ether oxygens (including phenoxy) is 1. The van der Waals surface area contributed by atoms with Crippen LogP contribution in [0.15, 0.2) is 36.4 Å². The summed E-state index contributed by atoms with van der Waals surface area (Å²) < 4.78 is 5.86. The van der Waals surface area contributed by atoms with Crippen LogP contribution in [-0.4, -0.2) is 36.2 Å². The van der Waals surface area contributed by atoms with E-state index in [1.807, 2.05) is 19.1 Å². The van der Waals surface area contributed by atoms with Crippen LogP contribution in [0.4, 0.5) is 0 Å². The maximum absolute atomic E-state index is 12.2. The van der Waals surface area contributed by atoms with Gasteiger partial charge in [0.05, 0.1) is 6.10 Å². The van der Waals surface area contributed by atoms with Gasteiger partial charge >= 0.3 is 5.97 Å². The van der Waals surface area contributed by atoms with E-state index in [2.05, 4.69) is 57.3 Å². The maximum atomic E-state index is 12.2. The van der Waals surface area contributed by atoms with Crippen molar-refractivity contribution in [1.29, 1.82) is 0 Å². The minimum atomic E-state index is -1.02. The average molecular weight is 475 g/mol. The topological polar surface area (TPSA) is 102 Å². The molecule has 0 heterocycles. The number of amides is 1. The van der Waals surface area contributed by atoms with Crippen LogP contribution >= 0.6 is 0 Å². The van der Waals surface area contributed by atoms with Gasteiger partial charge in [0.25, 0.3) is 0 Å². The van der Waals surface area contributed by atoms with Gasteiger partial charge in [0, 0.05) is 31.4 Å². The van der Waals surface area contributed by atoms with Gasteiger partial charge in [-0.2, -0.15) is 0 Å². The first-order valence-corrected chi connectivity index (χ1v) is 12.7. The van der Waals surface area contributed by atoms with Gasteiger partial charge in [0.1, 0.15) is 6.04 Å². The summed E-state index contributed by atoms with van der Waals surface area (Å²) in [5.74, 6) is -0.735. The summed E-state index contributed by atoms with van der Waals surface area (Å²) in [5, 5.41) is 12.4. The Kier molecular flexibility index (Phi) is 13.1. The molecule has 1 rings (SSSR count). The predicted molar refractivity (Wildman–Crippen MR) is 139 cm³/mol. The van der Waals surface area contributed by atoms with Crippen molar-refractivity contribution in [2.45, 2.75) is 97.2 Å². The number of methoxy groups -OCH3 is 1. The standard InChI is InChI=1S/C28H46N2O4/c1-7-28(8-2,26(34-6)21(5)25(29)27(32)33)23-17-15-22(16-18-23)19-30-24(31)14-12-10-9-11-13-20(3)4/h11,13,15-18,20-21,25-26H,7-10,12,14,19,29H2,1-6H3,(H,30,31)(H,32,33)/t21-,25+,26?/m1/s1. The Bertz CT molecular complexity index is 769. The molecule has 6 nitrogen and oxygen atoms in total. The summed E-state index contributed by atoms with van der Waals surface area (Å²) in [7, 11) is 1.63. The monoisotopic (exact) mass is 474 g/mol. The van der Waals surface area contributed by atoms with E-state index in [0.29, 0.717) is 18.9 Å². The van der Waals surface area contributed by atoms with Crippen molar-refractivity contribution in [2.24, 2.45) is 17.6 Å². The highest BCUT2D eigenvalue weighted by Crippen LogP contribution is 2.40. The smallest absolute Gasteiger partial charge is 0.320 e. The number of aliphatic carboxylic acids is 1. The lowest BCUT2D eigenvalue weighted by Crippen LogP contribution is -2.51. The third-order valence-electron chi connectivity index (χ3n) is 6.95. The Hall–Kier alpha value is -2.18. The van der Waals surface area contributed by atoms with Crippen LogP contribution in [0.5, 0.6) is 0 Å². The number of benzene rings is 1. The third-order valence-corrected chi connectivity index (χ3v) is 6.95. The third kappa shape index (κ3) is 8.55. The number of hydrogen-bond donors (Lipinski definition) is 3. The molecule has 0 aliphatic rings. The van der Waals surface area contributed by atoms with Crippen molar-refractivity contribution in [1.82, 2.24) is 5.32 Å². The maximum Gasteiger partial charge on any atom is 0.320 e. The molecule has 0 aliphatic heterocycles. The highest BCUT2D eigenvalue weighted by molar-refractivity contribution is 5.75. The number of hydrogen-bond acceptors (Lipinski definition) is 4. The number of carboxylic acid groups (broad SMARTS) is 1. The zero-order valence-corrected chi connectivity index (χ0v) is 22.0. The number of allylic oxidation sites excluding steroid dienone is 2. The number of carbonyl (C=O) groups excluding carboxylic acids is 1. The molecule has 0 aliphatic carbocycles. The fourth-order valence-electron chi connectivity index (χ4n) is 4.74. The molecule has 1 unspecified atom stereocenters. The summed E-state index contributed by atoms with van der Waals surface area (Å²) in [6.07, 6.45) is 9.11. The number of carboxylic acids is 1. The van der Waals surface area contributed by atoms with Gasteiger partial charge in [-0.3, -0.25) is 9.59 Å². The van der Waals surface area contributed by atoms with Crippen molar-refractivity contribution in [2.75, 3.05) is 7.11 Å². The number of carbonyl (C=O) groups is 2. The second kappa shape index (κ2) is 14.9. The molecule has 1 amide bonds. The highest BCUT2D eigenvalue weighted by atomic mass is 16.5. The first kappa shape index (κ1) is 29.9. The van der Waals surface area contributed by atoms with Gasteiger partial charge in [-0.1, -0.05) is 71.0 Å². The van der Waals surface area contributed by atoms with Gasteiger partial charge in [-0.05, 0) is 49.1 Å². The molecule has 0 radical (unpaired) electrons. The summed E-state index contributed by atoms with van der Waals surface area (Å²) in [4.78, 5) is 23.7. The molecule has 0 aromatic heterocycles. The molecule has 192 valence electrons. The van der Waals surface area contributed by atoms with Crippen molar-refractivity contribution in [3.8, 4) is 0 Å². The van der Waals surface area contributed by atoms with E-state index in [4.69, 9.17) is 10.5 Å². The predicted octanol–water partition coefficient (Wildman–Crippen LogP) is 5.20. The van der Waals surface area contributed by atoms with Crippen molar-refractivity contribution < 1.29 is 19.4 Å². The van der Waals surface area contributed by atoms with Crippen molar-refractivity contribution in [3.63, 3.8) is 0 Å². The molecule has 0 saturated carbocycles. The molecular formula is C28H46N2O4. The van der Waals surface area contributed by atoms with Gasteiger partial charge in [-0.15, -0.1) is 0 Å². The molecule has 6 heteroatoms. The van der Waals surface area contributed by atoms with Crippen LogP contribution in [0.25, 0.3) is 0 Å². The van der Waals surface area contributed by atoms with Crippen LogP contribution in [0.1, 0.15) is 84.3 Å². The Balaban J connectivity index is 2.77. The summed E-state index contributed by atoms with van der Waals surface area (Å²) >= 11 is 0. The zero-order valence-electron chi connectivity index (χ0n) is 22.0. The SMILES string of the molecule is CCC(CC)(c1ccc(CNC(=O)CCCCC=CC(C)C)cc1)C(OC)[C@H](C)[C@H](N)C(=O)O. The quantitative estimate of drug-likeness (QED) is 0.226. The molecule has 1 aromatic rings. The lowest BCUT2D eigenvalue weighted by atomic mass is 9.66. The number of nitrogens with two attached hydrogens (primary N) is 1. The molecule has 3 atom stereocenters. The molecule has 1 aromatic carbocycles. The first-order valence-electron chi connectivity index (χ1n) is 12.7. The van der Waals surface area contributed by atoms with Crippen LogP contribution in [0.2, 0.25) is 0 Å². The van der Waals surface area contributed by atoms with Crippen molar-refractivity contribution >= 4 is 11.9 Å². The van der Waals surface area contributed by atoms with E-state index < -0.39 is 12.0 Å². The van der Waals surface area contributed by atoms with E-state index in [1.54, 1.807) is 7.11 Å². The van der Waals surface area contributed by atoms with E-state index in [1.165, 1.54) is 0 Å². The largest absolute Gasteiger partial charge is 0.480 e. The van der Waals surface area contributed by atoms with Gasteiger partial charge < -0.3 is 20.9 Å². The molecule has 0 fully saturated rings. The Labute approximate surface area is 206 Å². The van der Waals surface area contributed by atoms with Gasteiger partial charge in [-0.25, -0.2) is 0 Å². The lowest BCUT2D eigenvalue weighted by Gasteiger charge is -2.43.